The number of aliphatic carboxylic acids is 1. The second kappa shape index (κ2) is 14.5. The van der Waals surface area contributed by atoms with Crippen molar-refractivity contribution in [2.75, 3.05) is 38.6 Å². The van der Waals surface area contributed by atoms with Gasteiger partial charge in [0.05, 0.1) is 25.5 Å². The first-order valence-electron chi connectivity index (χ1n) is 14.0. The molecule has 3 N–H and O–H groups in total. The summed E-state index contributed by atoms with van der Waals surface area (Å²) in [6.45, 7) is 7.72. The van der Waals surface area contributed by atoms with Crippen molar-refractivity contribution >= 4 is 30.1 Å². The van der Waals surface area contributed by atoms with E-state index in [1.807, 2.05) is 18.2 Å². The highest BCUT2D eigenvalue weighted by Crippen LogP contribution is 2.31. The van der Waals surface area contributed by atoms with Gasteiger partial charge >= 0.3 is 5.97 Å². The first kappa shape index (κ1) is 30.7. The van der Waals surface area contributed by atoms with Crippen LogP contribution < -0.4 is 15.4 Å². The molecule has 2 atom stereocenters. The first-order valence-corrected chi connectivity index (χ1v) is 14.0. The van der Waals surface area contributed by atoms with Gasteiger partial charge in [-0.15, -0.1) is 12.4 Å². The lowest BCUT2D eigenvalue weighted by Crippen LogP contribution is -2.44. The predicted octanol–water partition coefficient (Wildman–Crippen LogP) is 4.97. The minimum Gasteiger partial charge on any atom is -0.497 e. The molecule has 1 fully saturated rings. The third-order valence-corrected chi connectivity index (χ3v) is 7.72. The lowest BCUT2D eigenvalue weighted by molar-refractivity contribution is -0.138. The Morgan fingerprint density at radius 1 is 1.21 bits per heavy atom. The highest BCUT2D eigenvalue weighted by molar-refractivity contribution is 5.85. The molecule has 1 saturated heterocycles. The van der Waals surface area contributed by atoms with E-state index >= 15 is 0 Å². The topological polar surface area (TPSA) is 104 Å². The number of rotatable bonds is 11. The number of aromatic nitrogens is 1. The van der Waals surface area contributed by atoms with Gasteiger partial charge in [0.1, 0.15) is 11.6 Å². The molecule has 0 bridgehead atoms. The second-order valence-corrected chi connectivity index (χ2v) is 10.9. The van der Waals surface area contributed by atoms with E-state index in [-0.39, 0.29) is 36.6 Å². The number of likely N-dealkylation sites (tertiary alicyclic amines) is 1. The van der Waals surface area contributed by atoms with Crippen molar-refractivity contribution in [2.24, 2.45) is 5.92 Å². The predicted molar refractivity (Wildman–Crippen MR) is 156 cm³/mol. The maximum Gasteiger partial charge on any atom is 0.305 e. The van der Waals surface area contributed by atoms with E-state index in [1.54, 1.807) is 7.11 Å². The number of hydrogen-bond donors (Lipinski definition) is 3. The van der Waals surface area contributed by atoms with Crippen LogP contribution in [-0.4, -0.2) is 60.2 Å². The number of carboxylic acids is 1. The maximum atomic E-state index is 13.4. The van der Waals surface area contributed by atoms with E-state index in [4.69, 9.17) is 9.72 Å². The van der Waals surface area contributed by atoms with E-state index in [9.17, 15) is 14.7 Å². The summed E-state index contributed by atoms with van der Waals surface area (Å²) in [5, 5.41) is 16.1. The number of benzene rings is 1. The molecule has 0 radical (unpaired) electrons. The van der Waals surface area contributed by atoms with Crippen molar-refractivity contribution in [3.8, 4) is 5.75 Å². The number of hydrogen-bond acceptors (Lipinski definition) is 6. The fourth-order valence-corrected chi connectivity index (χ4v) is 5.67. The molecule has 0 aliphatic carbocycles. The van der Waals surface area contributed by atoms with Gasteiger partial charge in [-0.1, -0.05) is 26.0 Å². The number of halogens is 1. The Morgan fingerprint density at radius 3 is 2.77 bits per heavy atom. The number of methoxy groups -OCH3 is 1. The highest BCUT2D eigenvalue weighted by atomic mass is 35.5. The van der Waals surface area contributed by atoms with Gasteiger partial charge in [0.25, 0.3) is 0 Å². The van der Waals surface area contributed by atoms with Crippen LogP contribution in [0.5, 0.6) is 5.75 Å². The van der Waals surface area contributed by atoms with E-state index in [2.05, 4.69) is 41.5 Å². The molecule has 9 heteroatoms. The SMILES string of the molecule is COc1ccc(C(C)C)c(C(CC(=O)O)NC(=O)C2CCCN(CCCc3ccc4c(n3)NCCC4)C2)c1.Cl. The Balaban J connectivity index is 0.00000420. The van der Waals surface area contributed by atoms with Gasteiger partial charge in [-0.2, -0.15) is 0 Å². The molecular weight excluding hydrogens is 516 g/mol. The van der Waals surface area contributed by atoms with Crippen molar-refractivity contribution < 1.29 is 19.4 Å². The Kier molecular flexibility index (Phi) is 11.4. The van der Waals surface area contributed by atoms with E-state index in [0.717, 1.165) is 80.8 Å². The molecule has 1 amide bonds. The maximum absolute atomic E-state index is 13.4. The number of carboxylic acid groups (broad SMARTS) is 1. The summed E-state index contributed by atoms with van der Waals surface area (Å²) in [5.41, 5.74) is 4.25. The van der Waals surface area contributed by atoms with E-state index in [1.165, 1.54) is 5.56 Å². The number of fused-ring (bicyclic) bond motifs is 1. The second-order valence-electron chi connectivity index (χ2n) is 10.9. The number of carbonyl (C=O) groups is 2. The molecule has 1 aromatic carbocycles. The number of aryl methyl sites for hydroxylation is 2. The highest BCUT2D eigenvalue weighted by Gasteiger charge is 2.29. The zero-order valence-electron chi connectivity index (χ0n) is 23.4. The summed E-state index contributed by atoms with van der Waals surface area (Å²) in [6.07, 6.45) is 5.76. The molecule has 2 aromatic rings. The Bertz CT molecular complexity index is 1130. The molecule has 2 unspecified atom stereocenters. The van der Waals surface area contributed by atoms with Crippen molar-refractivity contribution in [2.45, 2.75) is 70.8 Å². The fraction of sp³-hybridized carbons (Fsp3) is 0.567. The van der Waals surface area contributed by atoms with Gasteiger partial charge in [-0.05, 0) is 92.4 Å². The molecule has 8 nitrogen and oxygen atoms in total. The number of nitrogens with one attached hydrogen (secondary N) is 2. The lowest BCUT2D eigenvalue weighted by atomic mass is 9.90. The lowest BCUT2D eigenvalue weighted by Gasteiger charge is -2.33. The van der Waals surface area contributed by atoms with Crippen LogP contribution in [0, 0.1) is 5.92 Å². The molecule has 39 heavy (non-hydrogen) atoms. The molecule has 2 aliphatic rings. The van der Waals surface area contributed by atoms with Crippen molar-refractivity contribution in [3.05, 3.63) is 52.7 Å². The largest absolute Gasteiger partial charge is 0.497 e. The van der Waals surface area contributed by atoms with Crippen molar-refractivity contribution in [1.82, 2.24) is 15.2 Å². The van der Waals surface area contributed by atoms with Gasteiger partial charge in [0, 0.05) is 18.8 Å². The minimum absolute atomic E-state index is 0. The average Bonchev–Trinajstić information content (AvgIpc) is 2.92. The van der Waals surface area contributed by atoms with Crippen LogP contribution >= 0.6 is 12.4 Å². The van der Waals surface area contributed by atoms with Crippen LogP contribution in [-0.2, 0) is 22.4 Å². The third kappa shape index (κ3) is 8.32. The quantitative estimate of drug-likeness (QED) is 0.358. The molecule has 2 aliphatic heterocycles. The van der Waals surface area contributed by atoms with Gasteiger partial charge in [-0.3, -0.25) is 9.59 Å². The molecular formula is C30H43ClN4O4. The summed E-state index contributed by atoms with van der Waals surface area (Å²) in [4.78, 5) is 32.3. The number of amides is 1. The Morgan fingerprint density at radius 2 is 2.03 bits per heavy atom. The number of carbonyl (C=O) groups excluding carboxylic acids is 1. The zero-order valence-corrected chi connectivity index (χ0v) is 24.2. The van der Waals surface area contributed by atoms with Crippen molar-refractivity contribution in [3.63, 3.8) is 0 Å². The van der Waals surface area contributed by atoms with Crippen LogP contribution in [0.3, 0.4) is 0 Å². The average molecular weight is 559 g/mol. The van der Waals surface area contributed by atoms with E-state index < -0.39 is 12.0 Å². The van der Waals surface area contributed by atoms with Gasteiger partial charge in [0.2, 0.25) is 5.91 Å². The van der Waals surface area contributed by atoms with Crippen LogP contribution in [0.25, 0.3) is 0 Å². The van der Waals surface area contributed by atoms with Gasteiger partial charge in [0.15, 0.2) is 0 Å². The monoisotopic (exact) mass is 558 g/mol. The van der Waals surface area contributed by atoms with Crippen LogP contribution in [0.1, 0.15) is 80.3 Å². The Hall–Kier alpha value is -2.84. The van der Waals surface area contributed by atoms with Crippen LogP contribution in [0.4, 0.5) is 5.82 Å². The summed E-state index contributed by atoms with van der Waals surface area (Å²) < 4.78 is 5.40. The zero-order chi connectivity index (χ0) is 27.1. The molecule has 214 valence electrons. The molecule has 0 spiro atoms. The third-order valence-electron chi connectivity index (χ3n) is 7.72. The normalized spacial score (nSPS) is 17.9. The summed E-state index contributed by atoms with van der Waals surface area (Å²) in [7, 11) is 1.59. The fourth-order valence-electron chi connectivity index (χ4n) is 5.67. The van der Waals surface area contributed by atoms with Crippen LogP contribution in [0.2, 0.25) is 0 Å². The molecule has 0 saturated carbocycles. The van der Waals surface area contributed by atoms with Crippen molar-refractivity contribution in [1.29, 1.82) is 0 Å². The smallest absolute Gasteiger partial charge is 0.305 e. The number of nitrogens with zero attached hydrogens (tertiary/aromatic N) is 2. The van der Waals surface area contributed by atoms with E-state index in [0.29, 0.717) is 12.3 Å². The molecule has 4 rings (SSSR count). The minimum atomic E-state index is -0.941. The van der Waals surface area contributed by atoms with Gasteiger partial charge < -0.3 is 25.4 Å². The molecule has 1 aromatic heterocycles. The van der Waals surface area contributed by atoms with Crippen LogP contribution in [0.15, 0.2) is 30.3 Å². The first-order chi connectivity index (χ1) is 18.3. The van der Waals surface area contributed by atoms with Gasteiger partial charge in [-0.25, -0.2) is 4.98 Å². The number of anilines is 1. The summed E-state index contributed by atoms with van der Waals surface area (Å²) in [5.74, 6) is 0.719. The molecule has 3 heterocycles. The Labute approximate surface area is 238 Å². The number of piperidine rings is 1. The summed E-state index contributed by atoms with van der Waals surface area (Å²) >= 11 is 0. The number of ether oxygens (including phenoxy) is 1. The number of pyridine rings is 1. The standard InChI is InChI=1S/C30H42N4O4.ClH/c1-20(2)25-13-12-24(38-3)17-26(25)27(18-28(35)36)33-30(37)22-8-5-15-34(19-22)16-6-9-23-11-10-21-7-4-14-31-29(21)32-23;/h10-13,17,20,22,27H,4-9,14-16,18-19H2,1-3H3,(H,31,32)(H,33,37)(H,35,36);1H. The summed E-state index contributed by atoms with van der Waals surface area (Å²) in [6, 6.07) is 9.45.